The minimum absolute atomic E-state index is 0.601. The molecule has 0 spiro atoms. The van der Waals surface area contributed by atoms with Crippen LogP contribution in [0, 0.1) is 12.8 Å². The summed E-state index contributed by atoms with van der Waals surface area (Å²) in [5.74, 6) is 0.843. The Hall–Kier alpha value is -0.690. The molecule has 1 fully saturated rings. The van der Waals surface area contributed by atoms with E-state index >= 15 is 0 Å². The molecule has 1 aromatic rings. The van der Waals surface area contributed by atoms with Gasteiger partial charge in [-0.25, -0.2) is 0 Å². The zero-order valence-corrected chi connectivity index (χ0v) is 10.8. The van der Waals surface area contributed by atoms with Crippen LogP contribution < -0.4 is 5.32 Å². The summed E-state index contributed by atoms with van der Waals surface area (Å²) in [7, 11) is 0. The summed E-state index contributed by atoms with van der Waals surface area (Å²) < 4.78 is 0. The quantitative estimate of drug-likeness (QED) is 0.790. The van der Waals surface area contributed by atoms with Crippen LogP contribution in [0.1, 0.15) is 38.2 Å². The van der Waals surface area contributed by atoms with E-state index in [1.165, 1.54) is 31.2 Å². The van der Waals surface area contributed by atoms with Crippen molar-refractivity contribution < 1.29 is 0 Å². The lowest BCUT2D eigenvalue weighted by Gasteiger charge is -2.28. The average molecular weight is 238 g/mol. The predicted octanol–water partition coefficient (Wildman–Crippen LogP) is 4.64. The molecule has 2 rings (SSSR count). The molecule has 0 aliphatic heterocycles. The van der Waals surface area contributed by atoms with Crippen molar-refractivity contribution in [3.63, 3.8) is 0 Å². The minimum atomic E-state index is 0.601. The fourth-order valence-corrected chi connectivity index (χ4v) is 2.81. The molecule has 0 saturated heterocycles. The molecule has 0 aromatic heterocycles. The van der Waals surface area contributed by atoms with Gasteiger partial charge in [0.15, 0.2) is 0 Å². The Morgan fingerprint density at radius 3 is 2.81 bits per heavy atom. The third kappa shape index (κ3) is 2.91. The zero-order chi connectivity index (χ0) is 11.5. The molecule has 1 aliphatic carbocycles. The van der Waals surface area contributed by atoms with Gasteiger partial charge in [-0.2, -0.15) is 0 Å². The van der Waals surface area contributed by atoms with Crippen LogP contribution in [-0.4, -0.2) is 6.04 Å². The number of rotatable bonds is 2. The van der Waals surface area contributed by atoms with Crippen molar-refractivity contribution in [1.29, 1.82) is 0 Å². The van der Waals surface area contributed by atoms with Crippen LogP contribution in [0.3, 0.4) is 0 Å². The van der Waals surface area contributed by atoms with Crippen LogP contribution in [0.15, 0.2) is 18.2 Å². The fourth-order valence-electron chi connectivity index (χ4n) is 2.52. The molecule has 2 atom stereocenters. The Kier molecular flexibility index (Phi) is 3.75. The summed E-state index contributed by atoms with van der Waals surface area (Å²) in [6.45, 7) is 4.41. The highest BCUT2D eigenvalue weighted by atomic mass is 35.5. The topological polar surface area (TPSA) is 12.0 Å². The summed E-state index contributed by atoms with van der Waals surface area (Å²) in [4.78, 5) is 0. The van der Waals surface area contributed by atoms with Gasteiger partial charge in [0.2, 0.25) is 0 Å². The highest BCUT2D eigenvalue weighted by Crippen LogP contribution is 2.29. The second kappa shape index (κ2) is 5.09. The van der Waals surface area contributed by atoms with Crippen LogP contribution in [0.2, 0.25) is 5.02 Å². The largest absolute Gasteiger partial charge is 0.381 e. The Morgan fingerprint density at radius 1 is 1.31 bits per heavy atom. The summed E-state index contributed by atoms with van der Waals surface area (Å²) in [5, 5.41) is 4.42. The van der Waals surface area contributed by atoms with E-state index in [1.807, 2.05) is 6.07 Å². The lowest BCUT2D eigenvalue weighted by Crippen LogP contribution is -2.26. The molecule has 1 aromatic carbocycles. The molecule has 1 saturated carbocycles. The SMILES string of the molecule is Cc1ccc(NC2CCCC(C)C2)c(Cl)c1. The van der Waals surface area contributed by atoms with E-state index in [4.69, 9.17) is 11.6 Å². The Bertz CT molecular complexity index is 362. The van der Waals surface area contributed by atoms with Gasteiger partial charge in [0.1, 0.15) is 0 Å². The molecule has 2 heteroatoms. The molecular formula is C14H20ClN. The molecule has 0 bridgehead atoms. The van der Waals surface area contributed by atoms with Gasteiger partial charge in [0, 0.05) is 6.04 Å². The van der Waals surface area contributed by atoms with E-state index in [0.29, 0.717) is 6.04 Å². The second-order valence-electron chi connectivity index (χ2n) is 5.10. The number of nitrogens with one attached hydrogen (secondary N) is 1. The van der Waals surface area contributed by atoms with Gasteiger partial charge in [-0.1, -0.05) is 37.4 Å². The lowest BCUT2D eigenvalue weighted by atomic mass is 9.87. The van der Waals surface area contributed by atoms with Crippen LogP contribution in [0.5, 0.6) is 0 Å². The second-order valence-corrected chi connectivity index (χ2v) is 5.50. The van der Waals surface area contributed by atoms with Gasteiger partial charge >= 0.3 is 0 Å². The number of hydrogen-bond acceptors (Lipinski definition) is 1. The van der Waals surface area contributed by atoms with Crippen molar-refractivity contribution >= 4 is 17.3 Å². The molecular weight excluding hydrogens is 218 g/mol. The molecule has 0 amide bonds. The van der Waals surface area contributed by atoms with E-state index in [9.17, 15) is 0 Å². The van der Waals surface area contributed by atoms with Gasteiger partial charge in [0.05, 0.1) is 10.7 Å². The van der Waals surface area contributed by atoms with Crippen molar-refractivity contribution in [2.45, 2.75) is 45.6 Å². The van der Waals surface area contributed by atoms with Crippen LogP contribution in [0.25, 0.3) is 0 Å². The number of benzene rings is 1. The molecule has 16 heavy (non-hydrogen) atoms. The Morgan fingerprint density at radius 2 is 2.12 bits per heavy atom. The van der Waals surface area contributed by atoms with E-state index in [-0.39, 0.29) is 0 Å². The van der Waals surface area contributed by atoms with E-state index < -0.39 is 0 Å². The molecule has 88 valence electrons. The van der Waals surface area contributed by atoms with E-state index in [0.717, 1.165) is 16.6 Å². The molecule has 1 N–H and O–H groups in total. The normalized spacial score (nSPS) is 25.4. The molecule has 2 unspecified atom stereocenters. The zero-order valence-electron chi connectivity index (χ0n) is 10.1. The number of halogens is 1. The van der Waals surface area contributed by atoms with Gasteiger partial charge in [0.25, 0.3) is 0 Å². The maximum Gasteiger partial charge on any atom is 0.0640 e. The number of aryl methyl sites for hydroxylation is 1. The first-order valence-electron chi connectivity index (χ1n) is 6.18. The summed E-state index contributed by atoms with van der Waals surface area (Å²) in [6.07, 6.45) is 5.25. The Balaban J connectivity index is 2.02. The van der Waals surface area contributed by atoms with Crippen molar-refractivity contribution in [3.05, 3.63) is 28.8 Å². The van der Waals surface area contributed by atoms with Crippen molar-refractivity contribution in [2.75, 3.05) is 5.32 Å². The maximum absolute atomic E-state index is 6.22. The fraction of sp³-hybridized carbons (Fsp3) is 0.571. The van der Waals surface area contributed by atoms with Crippen molar-refractivity contribution in [1.82, 2.24) is 0 Å². The maximum atomic E-state index is 6.22. The van der Waals surface area contributed by atoms with E-state index in [1.54, 1.807) is 0 Å². The third-order valence-electron chi connectivity index (χ3n) is 3.42. The monoisotopic (exact) mass is 237 g/mol. The first-order chi connectivity index (χ1) is 7.65. The van der Waals surface area contributed by atoms with Gasteiger partial charge in [-0.15, -0.1) is 0 Å². The number of hydrogen-bond donors (Lipinski definition) is 1. The number of anilines is 1. The standard InChI is InChI=1S/C14H20ClN/c1-10-4-3-5-12(8-10)16-14-7-6-11(2)9-13(14)15/h6-7,9-10,12,16H,3-5,8H2,1-2H3. The van der Waals surface area contributed by atoms with E-state index in [2.05, 4.69) is 31.3 Å². The van der Waals surface area contributed by atoms with Crippen molar-refractivity contribution in [2.24, 2.45) is 5.92 Å². The smallest absolute Gasteiger partial charge is 0.0640 e. The van der Waals surface area contributed by atoms with Gasteiger partial charge in [-0.3, -0.25) is 0 Å². The first kappa shape index (κ1) is 11.8. The van der Waals surface area contributed by atoms with Crippen LogP contribution in [0.4, 0.5) is 5.69 Å². The van der Waals surface area contributed by atoms with Gasteiger partial charge < -0.3 is 5.32 Å². The minimum Gasteiger partial charge on any atom is -0.381 e. The van der Waals surface area contributed by atoms with Gasteiger partial charge in [-0.05, 0) is 43.4 Å². The first-order valence-corrected chi connectivity index (χ1v) is 6.55. The van der Waals surface area contributed by atoms with Crippen LogP contribution >= 0.6 is 11.6 Å². The molecule has 1 nitrogen and oxygen atoms in total. The lowest BCUT2D eigenvalue weighted by molar-refractivity contribution is 0.358. The molecule has 0 heterocycles. The Labute approximate surface area is 103 Å². The van der Waals surface area contributed by atoms with Crippen molar-refractivity contribution in [3.8, 4) is 0 Å². The highest BCUT2D eigenvalue weighted by Gasteiger charge is 2.19. The third-order valence-corrected chi connectivity index (χ3v) is 3.73. The molecule has 0 radical (unpaired) electrons. The highest BCUT2D eigenvalue weighted by molar-refractivity contribution is 6.33. The summed E-state index contributed by atoms with van der Waals surface area (Å²) in [5.41, 5.74) is 2.30. The average Bonchev–Trinajstić information content (AvgIpc) is 2.22. The summed E-state index contributed by atoms with van der Waals surface area (Å²) >= 11 is 6.22. The summed E-state index contributed by atoms with van der Waals surface area (Å²) in [6, 6.07) is 6.83. The molecule has 1 aliphatic rings. The predicted molar refractivity (Wildman–Crippen MR) is 71.2 cm³/mol. The van der Waals surface area contributed by atoms with Crippen LogP contribution in [-0.2, 0) is 0 Å².